The second kappa shape index (κ2) is 13.2. The molecular weight excluding hydrogens is 515 g/mol. The number of imidazole rings is 1. The van der Waals surface area contributed by atoms with Crippen molar-refractivity contribution in [2.45, 2.75) is 45.2 Å². The summed E-state index contributed by atoms with van der Waals surface area (Å²) >= 11 is 0. The number of hydrogen-bond donors (Lipinski definition) is 2. The number of pyridine rings is 1. The first-order valence-corrected chi connectivity index (χ1v) is 13.9. The fraction of sp³-hybridized carbons (Fsp3) is 0.609. The van der Waals surface area contributed by atoms with E-state index in [1.165, 1.54) is 10.6 Å². The van der Waals surface area contributed by atoms with E-state index >= 15 is 0 Å². The molecule has 0 aromatic carbocycles. The minimum atomic E-state index is -5.08. The fourth-order valence-electron chi connectivity index (χ4n) is 4.10. The SMILES string of the molecule is CCN(CC)CCCNC(=O)c1nc(C2CCCN(S(C)(=O)=O)C2)n2ccccc12.O=C(O)C(F)(F)F. The molecule has 3 rings (SSSR count). The van der Waals surface area contributed by atoms with Crippen LogP contribution in [0.5, 0.6) is 0 Å². The molecular formula is C23H34F3N5O5S. The van der Waals surface area contributed by atoms with Crippen molar-refractivity contribution in [2.75, 3.05) is 45.5 Å². The van der Waals surface area contributed by atoms with Crippen LogP contribution >= 0.6 is 0 Å². The number of rotatable bonds is 9. The maximum absolute atomic E-state index is 12.9. The molecule has 10 nitrogen and oxygen atoms in total. The average molecular weight is 550 g/mol. The third-order valence-electron chi connectivity index (χ3n) is 6.08. The maximum atomic E-state index is 12.9. The molecule has 1 fully saturated rings. The Morgan fingerprint density at radius 3 is 2.46 bits per heavy atom. The summed E-state index contributed by atoms with van der Waals surface area (Å²) in [6.07, 6.45) is 0.583. The van der Waals surface area contributed by atoms with E-state index in [2.05, 4.69) is 24.1 Å². The van der Waals surface area contributed by atoms with Gasteiger partial charge in [0.15, 0.2) is 5.69 Å². The standard InChI is InChI=1S/C21H33N5O3S.C2HF3O2/c1-4-24(5-2)13-9-12-22-21(27)19-18-11-6-7-15-26(18)20(23-19)17-10-8-14-25(16-17)30(3,28)29;3-2(4,5)1(6)7/h6-7,11,15,17H,4-5,8-10,12-14,16H2,1-3H3,(H,22,27);(H,6,7). The zero-order valence-electron chi connectivity index (χ0n) is 21.2. The van der Waals surface area contributed by atoms with Crippen LogP contribution in [0.25, 0.3) is 5.52 Å². The van der Waals surface area contributed by atoms with Crippen molar-refractivity contribution in [1.82, 2.24) is 23.9 Å². The van der Waals surface area contributed by atoms with Crippen molar-refractivity contribution in [3.05, 3.63) is 35.9 Å². The van der Waals surface area contributed by atoms with Gasteiger partial charge in [0.05, 0.1) is 11.8 Å². The van der Waals surface area contributed by atoms with Gasteiger partial charge >= 0.3 is 12.1 Å². The largest absolute Gasteiger partial charge is 0.490 e. The van der Waals surface area contributed by atoms with Crippen molar-refractivity contribution >= 4 is 27.4 Å². The van der Waals surface area contributed by atoms with E-state index in [-0.39, 0.29) is 11.8 Å². The minimum Gasteiger partial charge on any atom is -0.475 e. The van der Waals surface area contributed by atoms with Crippen LogP contribution in [0, 0.1) is 0 Å². The molecule has 2 aromatic heterocycles. The number of hydrogen-bond acceptors (Lipinski definition) is 6. The fourth-order valence-corrected chi connectivity index (χ4v) is 5.01. The highest BCUT2D eigenvalue weighted by molar-refractivity contribution is 7.88. The smallest absolute Gasteiger partial charge is 0.475 e. The highest BCUT2D eigenvalue weighted by atomic mass is 32.2. The quantitative estimate of drug-likeness (QED) is 0.461. The van der Waals surface area contributed by atoms with Crippen LogP contribution in [-0.4, -0.2) is 95.7 Å². The predicted octanol–water partition coefficient (Wildman–Crippen LogP) is 2.57. The third-order valence-corrected chi connectivity index (χ3v) is 7.35. The molecule has 1 atom stereocenters. The number of carbonyl (C=O) groups is 2. The number of sulfonamides is 1. The zero-order chi connectivity index (χ0) is 27.8. The number of alkyl halides is 3. The Balaban J connectivity index is 0.000000604. The molecule has 1 aliphatic heterocycles. The molecule has 37 heavy (non-hydrogen) atoms. The molecule has 0 radical (unpaired) electrons. The summed E-state index contributed by atoms with van der Waals surface area (Å²) in [5.41, 5.74) is 1.16. The van der Waals surface area contributed by atoms with Crippen molar-refractivity contribution in [3.63, 3.8) is 0 Å². The maximum Gasteiger partial charge on any atom is 0.490 e. The molecule has 1 saturated heterocycles. The molecule has 3 heterocycles. The topological polar surface area (TPSA) is 124 Å². The van der Waals surface area contributed by atoms with Crippen molar-refractivity contribution in [1.29, 1.82) is 0 Å². The Bertz CT molecular complexity index is 1170. The number of fused-ring (bicyclic) bond motifs is 1. The summed E-state index contributed by atoms with van der Waals surface area (Å²) in [6, 6.07) is 5.68. The van der Waals surface area contributed by atoms with Crippen LogP contribution in [0.2, 0.25) is 0 Å². The number of aliphatic carboxylic acids is 1. The van der Waals surface area contributed by atoms with E-state index in [9.17, 15) is 26.4 Å². The van der Waals surface area contributed by atoms with Gasteiger partial charge in [-0.05, 0) is 51.0 Å². The van der Waals surface area contributed by atoms with Gasteiger partial charge in [-0.15, -0.1) is 0 Å². The van der Waals surface area contributed by atoms with Gasteiger partial charge in [0.25, 0.3) is 5.91 Å². The van der Waals surface area contributed by atoms with Gasteiger partial charge in [0, 0.05) is 31.7 Å². The van der Waals surface area contributed by atoms with Gasteiger partial charge in [-0.1, -0.05) is 19.9 Å². The number of carbonyl (C=O) groups excluding carboxylic acids is 1. The van der Waals surface area contributed by atoms with Gasteiger partial charge in [0.1, 0.15) is 5.82 Å². The molecule has 1 unspecified atom stereocenters. The van der Waals surface area contributed by atoms with Crippen LogP contribution in [-0.2, 0) is 14.8 Å². The first kappa shape index (κ1) is 30.5. The van der Waals surface area contributed by atoms with Crippen LogP contribution in [0.3, 0.4) is 0 Å². The van der Waals surface area contributed by atoms with Crippen LogP contribution in [0.1, 0.15) is 55.3 Å². The van der Waals surface area contributed by atoms with Crippen molar-refractivity contribution < 1.29 is 36.3 Å². The Kier molecular flexibility index (Phi) is 10.9. The number of carboxylic acid groups (broad SMARTS) is 1. The Hall–Kier alpha value is -2.71. The lowest BCUT2D eigenvalue weighted by Gasteiger charge is -2.30. The number of piperidine rings is 1. The van der Waals surface area contributed by atoms with Crippen LogP contribution in [0.4, 0.5) is 13.2 Å². The van der Waals surface area contributed by atoms with Crippen molar-refractivity contribution in [2.24, 2.45) is 0 Å². The second-order valence-electron chi connectivity index (χ2n) is 8.67. The number of nitrogens with one attached hydrogen (secondary N) is 1. The van der Waals surface area contributed by atoms with Gasteiger partial charge < -0.3 is 19.7 Å². The van der Waals surface area contributed by atoms with Crippen LogP contribution in [0.15, 0.2) is 24.4 Å². The summed E-state index contributed by atoms with van der Waals surface area (Å²) in [6.45, 7) is 8.77. The first-order valence-electron chi connectivity index (χ1n) is 12.0. The summed E-state index contributed by atoms with van der Waals surface area (Å²) < 4.78 is 59.2. The first-order chi connectivity index (χ1) is 17.3. The molecule has 0 aliphatic carbocycles. The summed E-state index contributed by atoms with van der Waals surface area (Å²) in [7, 11) is -3.24. The van der Waals surface area contributed by atoms with Gasteiger partial charge in [-0.25, -0.2) is 22.5 Å². The van der Waals surface area contributed by atoms with E-state index in [0.717, 1.165) is 50.2 Å². The lowest BCUT2D eigenvalue weighted by Crippen LogP contribution is -2.38. The van der Waals surface area contributed by atoms with E-state index < -0.39 is 22.2 Å². The normalized spacial score (nSPS) is 16.9. The number of amides is 1. The van der Waals surface area contributed by atoms with Gasteiger partial charge in [0.2, 0.25) is 10.0 Å². The Morgan fingerprint density at radius 2 is 1.89 bits per heavy atom. The predicted molar refractivity (Wildman–Crippen MR) is 132 cm³/mol. The lowest BCUT2D eigenvalue weighted by atomic mass is 9.99. The molecule has 0 bridgehead atoms. The van der Waals surface area contributed by atoms with E-state index in [1.54, 1.807) is 0 Å². The summed E-state index contributed by atoms with van der Waals surface area (Å²) in [5.74, 6) is -2.22. The van der Waals surface area contributed by atoms with E-state index in [4.69, 9.17) is 14.9 Å². The molecule has 0 spiro atoms. The molecule has 0 saturated carbocycles. The van der Waals surface area contributed by atoms with Gasteiger partial charge in [-0.2, -0.15) is 13.2 Å². The van der Waals surface area contributed by atoms with E-state index in [0.29, 0.717) is 25.3 Å². The molecule has 1 amide bonds. The molecule has 14 heteroatoms. The highest BCUT2D eigenvalue weighted by Gasteiger charge is 2.38. The molecule has 2 N–H and O–H groups in total. The lowest BCUT2D eigenvalue weighted by molar-refractivity contribution is -0.192. The van der Waals surface area contributed by atoms with Crippen molar-refractivity contribution in [3.8, 4) is 0 Å². The number of aromatic nitrogens is 2. The molecule has 208 valence electrons. The summed E-state index contributed by atoms with van der Waals surface area (Å²) in [5, 5.41) is 10.1. The Labute approximate surface area is 214 Å². The molecule has 2 aromatic rings. The highest BCUT2D eigenvalue weighted by Crippen LogP contribution is 2.29. The van der Waals surface area contributed by atoms with Gasteiger partial charge in [-0.3, -0.25) is 4.79 Å². The number of carboxylic acids is 1. The average Bonchev–Trinajstić information content (AvgIpc) is 3.23. The van der Waals surface area contributed by atoms with Crippen LogP contribution < -0.4 is 5.32 Å². The monoisotopic (exact) mass is 549 g/mol. The number of nitrogens with zero attached hydrogens (tertiary/aromatic N) is 4. The number of halogens is 3. The van der Waals surface area contributed by atoms with E-state index in [1.807, 2.05) is 28.8 Å². The molecule has 1 aliphatic rings. The Morgan fingerprint density at radius 1 is 1.24 bits per heavy atom. The second-order valence-corrected chi connectivity index (χ2v) is 10.7. The zero-order valence-corrected chi connectivity index (χ0v) is 22.0. The summed E-state index contributed by atoms with van der Waals surface area (Å²) in [4.78, 5) is 28.8. The third kappa shape index (κ3) is 8.68. The minimum absolute atomic E-state index is 0.0346.